The average Bonchev–Trinajstić information content (AvgIpc) is 2.34. The molecule has 0 spiro atoms. The highest BCUT2D eigenvalue weighted by atomic mass is 29.5. The molecule has 0 nitrogen and oxygen atoms in total. The van der Waals surface area contributed by atoms with Crippen molar-refractivity contribution in [1.82, 2.24) is 0 Å². The van der Waals surface area contributed by atoms with E-state index in [0.717, 1.165) is 11.1 Å². The predicted molar refractivity (Wildman–Crippen MR) is 154 cm³/mol. The highest BCUT2D eigenvalue weighted by molar-refractivity contribution is 7.36. The molecule has 0 fully saturated rings. The highest BCUT2D eigenvalue weighted by Gasteiger charge is 2.42. The van der Waals surface area contributed by atoms with Crippen LogP contribution in [0.5, 0.6) is 0 Å². The summed E-state index contributed by atoms with van der Waals surface area (Å²) < 4.78 is 0. The van der Waals surface area contributed by atoms with Gasteiger partial charge in [0.1, 0.15) is 0 Å². The van der Waals surface area contributed by atoms with Crippen molar-refractivity contribution in [3.8, 4) is 0 Å². The Bertz CT molecular complexity index is 470. The molecule has 28 heavy (non-hydrogen) atoms. The lowest BCUT2D eigenvalue weighted by Crippen LogP contribution is -2.56. The number of rotatable bonds is 8. The lowest BCUT2D eigenvalue weighted by Gasteiger charge is -2.50. The van der Waals surface area contributed by atoms with Crippen LogP contribution < -0.4 is 0 Å². The topological polar surface area (TPSA) is 0 Å². The maximum absolute atomic E-state index is 2.69. The Morgan fingerprint density at radius 1 is 0.607 bits per heavy atom. The van der Waals surface area contributed by atoms with Gasteiger partial charge in [-0.2, -0.15) is 0 Å². The second-order valence-corrected chi connectivity index (χ2v) is 53.8. The molecule has 0 unspecified atom stereocenters. The van der Waals surface area contributed by atoms with Crippen molar-refractivity contribution in [3.05, 3.63) is 0 Å². The third-order valence-electron chi connectivity index (χ3n) is 5.68. The first kappa shape index (κ1) is 29.7. The maximum Gasteiger partial charge on any atom is 0.0411 e. The molecule has 0 atom stereocenters. The maximum atomic E-state index is 2.69. The van der Waals surface area contributed by atoms with E-state index in [-0.39, 0.29) is 16.6 Å². The zero-order valence-corrected chi connectivity index (χ0v) is 30.3. The van der Waals surface area contributed by atoms with Gasteiger partial charge < -0.3 is 7.93 Å². The Hall–Kier alpha value is 1.74. The van der Waals surface area contributed by atoms with E-state index >= 15 is 0 Å². The minimum absolute atomic E-state index is 0.246. The van der Waals surface area contributed by atoms with Gasteiger partial charge in [0, 0.05) is 32.3 Å². The quantitative estimate of drug-likeness (QED) is 0.295. The summed E-state index contributed by atoms with van der Waals surface area (Å²) in [5, 5.41) is 0. The molecule has 165 valence electrons. The standard InChI is InChI=1S/C20H52Si8/c1-17(2)23(19(25(5,6)7)26(8,9)10)21-22-24(18(3)4)20(27(11,12)13)28(14,15)16/h17-20H,1-16H3/q-1. The molecule has 8 heteroatoms. The van der Waals surface area contributed by atoms with E-state index in [4.69, 9.17) is 0 Å². The molecule has 0 aliphatic rings. The first-order valence-corrected chi connectivity index (χ1v) is 34.0. The van der Waals surface area contributed by atoms with Crippen LogP contribution in [0.3, 0.4) is 0 Å². The normalized spacial score (nSPS) is 14.3. The monoisotopic (exact) mass is 516 g/mol. The summed E-state index contributed by atoms with van der Waals surface area (Å²) >= 11 is 0. The fourth-order valence-electron chi connectivity index (χ4n) is 5.71. The third-order valence-corrected chi connectivity index (χ3v) is 62.0. The zero-order valence-electron chi connectivity index (χ0n) is 22.3. The molecule has 0 aliphatic carbocycles. The van der Waals surface area contributed by atoms with E-state index in [0.29, 0.717) is 0 Å². The van der Waals surface area contributed by atoms with Gasteiger partial charge in [-0.1, -0.05) is 127 Å². The molecule has 0 saturated carbocycles. The van der Waals surface area contributed by atoms with Gasteiger partial charge in [0.2, 0.25) is 0 Å². The van der Waals surface area contributed by atoms with Gasteiger partial charge in [-0.15, -0.1) is 8.31 Å². The van der Waals surface area contributed by atoms with Gasteiger partial charge >= 0.3 is 0 Å². The molecule has 0 amide bonds. The SMILES string of the molecule is CC(C)[Si]([Si]#[Si][Si-](C(C)C)C([Si](C)(C)C)[Si](C)(C)C)C([Si](C)(C)C)[Si](C)(C)C. The summed E-state index contributed by atoms with van der Waals surface area (Å²) in [6.45, 7) is 42.7. The molecule has 0 saturated heterocycles. The molecule has 0 rings (SSSR count). The minimum Gasteiger partial charge on any atom is -0.308 e. The molecule has 1 radical (unpaired) electrons. The van der Waals surface area contributed by atoms with E-state index in [1.807, 2.05) is 0 Å². The van der Waals surface area contributed by atoms with Crippen LogP contribution in [0.25, 0.3) is 0 Å². The van der Waals surface area contributed by atoms with Gasteiger partial charge in [-0.3, -0.25) is 7.93 Å². The van der Waals surface area contributed by atoms with Crippen LogP contribution in [0.2, 0.25) is 99.2 Å². The molecule has 0 aromatic carbocycles. The fraction of sp³-hybridized carbons (Fsp3) is 1.00. The average molecular weight is 517 g/mol. The lowest BCUT2D eigenvalue weighted by molar-refractivity contribution is 1.04. The van der Waals surface area contributed by atoms with E-state index in [1.165, 1.54) is 25.4 Å². The second-order valence-electron chi connectivity index (χ2n) is 13.8. The summed E-state index contributed by atoms with van der Waals surface area (Å²) in [5.74, 6) is 0. The Balaban J connectivity index is 6.40. The number of hydrogen-bond donors (Lipinski definition) is 0. The van der Waals surface area contributed by atoms with Crippen molar-refractivity contribution >= 4 is 64.8 Å². The van der Waals surface area contributed by atoms with Crippen molar-refractivity contribution < 1.29 is 0 Å². The second kappa shape index (κ2) is 10.6. The lowest BCUT2D eigenvalue weighted by atomic mass is 10.6. The smallest absolute Gasteiger partial charge is 0.0411 e. The van der Waals surface area contributed by atoms with Crippen molar-refractivity contribution in [1.29, 1.82) is 0 Å². The largest absolute Gasteiger partial charge is 0.308 e. The van der Waals surface area contributed by atoms with E-state index < -0.39 is 32.3 Å². The Kier molecular flexibility index (Phi) is 11.2. The van der Waals surface area contributed by atoms with E-state index in [9.17, 15) is 0 Å². The number of hydrogen-bond acceptors (Lipinski definition) is 0. The first-order chi connectivity index (χ1) is 12.1. The van der Waals surface area contributed by atoms with Crippen LogP contribution in [-0.2, 0) is 0 Å². The molecule has 0 aliphatic heterocycles. The summed E-state index contributed by atoms with van der Waals surface area (Å²) in [4.78, 5) is 2.34. The van der Waals surface area contributed by atoms with Crippen LogP contribution in [0.1, 0.15) is 27.7 Å². The molecule has 0 aromatic rings. The fourth-order valence-corrected chi connectivity index (χ4v) is 92.9. The van der Waals surface area contributed by atoms with Gasteiger partial charge in [-0.05, 0) is 8.31 Å². The molecule has 0 aromatic heterocycles. The summed E-state index contributed by atoms with van der Waals surface area (Å²) in [5.41, 5.74) is 1.93. The van der Waals surface area contributed by atoms with Crippen LogP contribution in [0, 0.1) is 0 Å². The van der Waals surface area contributed by atoms with Crippen LogP contribution in [0.15, 0.2) is 0 Å². The minimum atomic E-state index is -1.10. The van der Waals surface area contributed by atoms with Crippen molar-refractivity contribution in [2.45, 2.75) is 127 Å². The van der Waals surface area contributed by atoms with Crippen LogP contribution in [0.4, 0.5) is 0 Å². The summed E-state index contributed by atoms with van der Waals surface area (Å²) in [7, 11) is -2.21. The van der Waals surface area contributed by atoms with Gasteiger partial charge in [0.15, 0.2) is 0 Å². The van der Waals surface area contributed by atoms with Crippen LogP contribution in [-0.4, -0.2) is 64.8 Å². The van der Waals surface area contributed by atoms with E-state index in [2.05, 4.69) is 106 Å². The van der Waals surface area contributed by atoms with Crippen molar-refractivity contribution in [3.63, 3.8) is 0 Å². The summed E-state index contributed by atoms with van der Waals surface area (Å²) in [6, 6.07) is 0. The predicted octanol–water partition coefficient (Wildman–Crippen LogP) is 7.36. The molecule has 0 N–H and O–H groups in total. The van der Waals surface area contributed by atoms with Gasteiger partial charge in [0.05, 0.1) is 0 Å². The third kappa shape index (κ3) is 9.08. The zero-order chi connectivity index (χ0) is 22.9. The molecule has 0 bridgehead atoms. The van der Waals surface area contributed by atoms with Gasteiger partial charge in [-0.25, -0.2) is 0 Å². The summed E-state index contributed by atoms with van der Waals surface area (Å²) in [6.07, 6.45) is 0. The van der Waals surface area contributed by atoms with Crippen molar-refractivity contribution in [2.24, 2.45) is 0 Å². The van der Waals surface area contributed by atoms with E-state index in [1.54, 1.807) is 0 Å². The Labute approximate surface area is 190 Å². The highest BCUT2D eigenvalue weighted by Crippen LogP contribution is 2.39. The Morgan fingerprint density at radius 2 is 0.964 bits per heavy atom. The Morgan fingerprint density at radius 3 is 1.18 bits per heavy atom. The van der Waals surface area contributed by atoms with Crippen molar-refractivity contribution in [2.75, 3.05) is 0 Å². The van der Waals surface area contributed by atoms with Gasteiger partial charge in [0.25, 0.3) is 0 Å². The van der Waals surface area contributed by atoms with Crippen LogP contribution >= 0.6 is 0 Å². The molecular formula is C20H52Si8-. The molecular weight excluding hydrogens is 465 g/mol. The first-order valence-electron chi connectivity index (χ1n) is 11.4. The molecule has 0 heterocycles.